The number of unbranched alkanes of at least 4 members (excludes halogenated alkanes) is 8. The van der Waals surface area contributed by atoms with Gasteiger partial charge in [-0.3, -0.25) is 0 Å². The molecule has 3 nitrogen and oxygen atoms in total. The van der Waals surface area contributed by atoms with E-state index < -0.39 is 0 Å². The third kappa shape index (κ3) is 11.8. The van der Waals surface area contributed by atoms with Gasteiger partial charge in [-0.2, -0.15) is 0 Å². The molecule has 0 saturated carbocycles. The summed E-state index contributed by atoms with van der Waals surface area (Å²) in [6.45, 7) is 12.6. The maximum Gasteiger partial charge on any atom is 0.319 e. The summed E-state index contributed by atoms with van der Waals surface area (Å²) in [5.74, 6) is 0. The molecular weight excluding hydrogens is 296 g/mol. The SMILES string of the molecule is CCCCCCN(CCCC)C(=O)N(CCCC)CCCCCC. The molecule has 0 aliphatic rings. The van der Waals surface area contributed by atoms with E-state index in [0.29, 0.717) is 6.03 Å². The Morgan fingerprint density at radius 3 is 1.17 bits per heavy atom. The average Bonchev–Trinajstić information content (AvgIpc) is 2.60. The molecule has 0 saturated heterocycles. The topological polar surface area (TPSA) is 23.6 Å². The van der Waals surface area contributed by atoms with Crippen molar-refractivity contribution in [3.05, 3.63) is 0 Å². The Kier molecular flexibility index (Phi) is 16.6. The quantitative estimate of drug-likeness (QED) is 0.295. The molecule has 144 valence electrons. The van der Waals surface area contributed by atoms with Gasteiger partial charge in [0.15, 0.2) is 0 Å². The highest BCUT2D eigenvalue weighted by Crippen LogP contribution is 2.10. The minimum absolute atomic E-state index is 0.296. The molecule has 0 unspecified atom stereocenters. The Hall–Kier alpha value is -0.730. The van der Waals surface area contributed by atoms with Crippen molar-refractivity contribution in [1.82, 2.24) is 9.80 Å². The molecule has 0 radical (unpaired) electrons. The Labute approximate surface area is 152 Å². The van der Waals surface area contributed by atoms with Gasteiger partial charge < -0.3 is 9.80 Å². The average molecular weight is 341 g/mol. The predicted octanol–water partition coefficient (Wildman–Crippen LogP) is 6.47. The van der Waals surface area contributed by atoms with Crippen LogP contribution < -0.4 is 0 Å². The van der Waals surface area contributed by atoms with Crippen LogP contribution in [0, 0.1) is 0 Å². The van der Waals surface area contributed by atoms with Gasteiger partial charge in [-0.15, -0.1) is 0 Å². The summed E-state index contributed by atoms with van der Waals surface area (Å²) >= 11 is 0. The number of carbonyl (C=O) groups excluding carboxylic acids is 1. The number of hydrogen-bond donors (Lipinski definition) is 0. The van der Waals surface area contributed by atoms with Crippen molar-refractivity contribution in [1.29, 1.82) is 0 Å². The zero-order chi connectivity index (χ0) is 18.0. The first kappa shape index (κ1) is 23.3. The highest BCUT2D eigenvalue weighted by Gasteiger charge is 2.19. The summed E-state index contributed by atoms with van der Waals surface area (Å²) in [5.41, 5.74) is 0. The van der Waals surface area contributed by atoms with Gasteiger partial charge in [0.05, 0.1) is 0 Å². The third-order valence-corrected chi connectivity index (χ3v) is 4.67. The highest BCUT2D eigenvalue weighted by atomic mass is 16.2. The van der Waals surface area contributed by atoms with Gasteiger partial charge in [0.25, 0.3) is 0 Å². The van der Waals surface area contributed by atoms with Crippen LogP contribution in [-0.4, -0.2) is 42.0 Å². The van der Waals surface area contributed by atoms with Crippen LogP contribution in [0.2, 0.25) is 0 Å². The second kappa shape index (κ2) is 17.1. The van der Waals surface area contributed by atoms with E-state index in [0.717, 1.165) is 64.7 Å². The molecule has 0 aromatic heterocycles. The summed E-state index contributed by atoms with van der Waals surface area (Å²) in [4.78, 5) is 17.3. The summed E-state index contributed by atoms with van der Waals surface area (Å²) in [7, 11) is 0. The summed E-state index contributed by atoms with van der Waals surface area (Å²) in [6, 6.07) is 0.296. The van der Waals surface area contributed by atoms with Gasteiger partial charge >= 0.3 is 6.03 Å². The monoisotopic (exact) mass is 340 g/mol. The fourth-order valence-electron chi connectivity index (χ4n) is 2.96. The first-order valence-electron chi connectivity index (χ1n) is 10.7. The second-order valence-corrected chi connectivity index (χ2v) is 7.09. The minimum atomic E-state index is 0.296. The molecule has 0 rings (SSSR count). The van der Waals surface area contributed by atoms with Crippen LogP contribution in [0.4, 0.5) is 4.79 Å². The van der Waals surface area contributed by atoms with E-state index in [9.17, 15) is 4.79 Å². The number of hydrogen-bond acceptors (Lipinski definition) is 1. The molecule has 2 amide bonds. The number of urea groups is 1. The largest absolute Gasteiger partial charge is 0.325 e. The molecule has 0 bridgehead atoms. The fraction of sp³-hybridized carbons (Fsp3) is 0.952. The van der Waals surface area contributed by atoms with E-state index in [1.165, 1.54) is 38.5 Å². The fourth-order valence-corrected chi connectivity index (χ4v) is 2.96. The van der Waals surface area contributed by atoms with E-state index in [4.69, 9.17) is 0 Å². The van der Waals surface area contributed by atoms with Crippen molar-refractivity contribution in [3.8, 4) is 0 Å². The van der Waals surface area contributed by atoms with E-state index >= 15 is 0 Å². The number of carbonyl (C=O) groups is 1. The van der Waals surface area contributed by atoms with Crippen LogP contribution in [0.15, 0.2) is 0 Å². The molecule has 24 heavy (non-hydrogen) atoms. The molecular formula is C21H44N2O. The maximum atomic E-state index is 13.0. The summed E-state index contributed by atoms with van der Waals surface area (Å²) in [5, 5.41) is 0. The molecule has 0 aromatic carbocycles. The molecule has 0 heterocycles. The lowest BCUT2D eigenvalue weighted by Gasteiger charge is -2.31. The second-order valence-electron chi connectivity index (χ2n) is 7.09. The molecule has 0 fully saturated rings. The van der Waals surface area contributed by atoms with Crippen molar-refractivity contribution in [2.24, 2.45) is 0 Å². The van der Waals surface area contributed by atoms with Crippen LogP contribution in [0.25, 0.3) is 0 Å². The smallest absolute Gasteiger partial charge is 0.319 e. The van der Waals surface area contributed by atoms with Crippen molar-refractivity contribution < 1.29 is 4.79 Å². The Bertz CT molecular complexity index is 255. The number of amides is 2. The summed E-state index contributed by atoms with van der Waals surface area (Å²) in [6.07, 6.45) is 14.4. The lowest BCUT2D eigenvalue weighted by Crippen LogP contribution is -2.45. The van der Waals surface area contributed by atoms with Crippen LogP contribution in [0.1, 0.15) is 105 Å². The Morgan fingerprint density at radius 1 is 0.500 bits per heavy atom. The van der Waals surface area contributed by atoms with Crippen molar-refractivity contribution in [2.75, 3.05) is 26.2 Å². The van der Waals surface area contributed by atoms with Crippen LogP contribution in [0.3, 0.4) is 0 Å². The van der Waals surface area contributed by atoms with Gasteiger partial charge in [0.2, 0.25) is 0 Å². The number of nitrogens with zero attached hydrogens (tertiary/aromatic N) is 2. The highest BCUT2D eigenvalue weighted by molar-refractivity contribution is 5.74. The van der Waals surface area contributed by atoms with E-state index in [2.05, 4.69) is 37.5 Å². The van der Waals surface area contributed by atoms with Crippen molar-refractivity contribution in [2.45, 2.75) is 105 Å². The van der Waals surface area contributed by atoms with Crippen LogP contribution in [0.5, 0.6) is 0 Å². The zero-order valence-electron chi connectivity index (χ0n) is 17.1. The van der Waals surface area contributed by atoms with Crippen molar-refractivity contribution in [3.63, 3.8) is 0 Å². The molecule has 0 aliphatic carbocycles. The Balaban J connectivity index is 4.56. The Morgan fingerprint density at radius 2 is 0.833 bits per heavy atom. The lowest BCUT2D eigenvalue weighted by molar-refractivity contribution is 0.149. The molecule has 0 spiro atoms. The van der Waals surface area contributed by atoms with Crippen LogP contribution in [-0.2, 0) is 0 Å². The predicted molar refractivity (Wildman–Crippen MR) is 107 cm³/mol. The minimum Gasteiger partial charge on any atom is -0.325 e. The number of rotatable bonds is 16. The standard InChI is InChI=1S/C21H44N2O/c1-5-9-13-15-19-22(17-11-7-3)21(24)23(18-12-8-4)20-16-14-10-6-2/h5-20H2,1-4H3. The first-order valence-corrected chi connectivity index (χ1v) is 10.7. The molecule has 0 N–H and O–H groups in total. The van der Waals surface area contributed by atoms with Gasteiger partial charge in [0.1, 0.15) is 0 Å². The third-order valence-electron chi connectivity index (χ3n) is 4.67. The molecule has 0 atom stereocenters. The van der Waals surface area contributed by atoms with Gasteiger partial charge in [-0.05, 0) is 25.7 Å². The van der Waals surface area contributed by atoms with Gasteiger partial charge in [-0.1, -0.05) is 79.1 Å². The zero-order valence-corrected chi connectivity index (χ0v) is 17.1. The molecule has 3 heteroatoms. The first-order chi connectivity index (χ1) is 11.7. The van der Waals surface area contributed by atoms with Crippen molar-refractivity contribution >= 4 is 6.03 Å². The van der Waals surface area contributed by atoms with Gasteiger partial charge in [0, 0.05) is 26.2 Å². The maximum absolute atomic E-state index is 13.0. The molecule has 0 aliphatic heterocycles. The van der Waals surface area contributed by atoms with E-state index in [1.54, 1.807) is 0 Å². The van der Waals surface area contributed by atoms with Gasteiger partial charge in [-0.25, -0.2) is 4.79 Å². The summed E-state index contributed by atoms with van der Waals surface area (Å²) < 4.78 is 0. The molecule has 0 aromatic rings. The van der Waals surface area contributed by atoms with E-state index in [1.807, 2.05) is 0 Å². The van der Waals surface area contributed by atoms with E-state index in [-0.39, 0.29) is 0 Å². The van der Waals surface area contributed by atoms with Crippen LogP contribution >= 0.6 is 0 Å². The normalized spacial score (nSPS) is 10.8. The lowest BCUT2D eigenvalue weighted by atomic mass is 10.2.